The van der Waals surface area contributed by atoms with Gasteiger partial charge in [0.2, 0.25) is 5.91 Å². The Kier molecular flexibility index (Phi) is 4.96. The van der Waals surface area contributed by atoms with E-state index in [1.54, 1.807) is 12.1 Å². The highest BCUT2D eigenvalue weighted by Gasteiger charge is 2.47. The zero-order chi connectivity index (χ0) is 18.1. The van der Waals surface area contributed by atoms with E-state index >= 15 is 0 Å². The normalized spacial score (nSPS) is 24.1. The number of halogens is 2. The summed E-state index contributed by atoms with van der Waals surface area (Å²) in [5.74, 6) is 0.450. The highest BCUT2D eigenvalue weighted by Crippen LogP contribution is 2.44. The van der Waals surface area contributed by atoms with Crippen LogP contribution in [-0.2, 0) is 14.9 Å². The first-order chi connectivity index (χ1) is 12.6. The largest absolute Gasteiger partial charge is 0.381 e. The van der Waals surface area contributed by atoms with E-state index in [0.29, 0.717) is 42.0 Å². The first kappa shape index (κ1) is 17.8. The van der Waals surface area contributed by atoms with Crippen LogP contribution in [0.1, 0.15) is 36.3 Å². The lowest BCUT2D eigenvalue weighted by Gasteiger charge is -2.37. The SMILES string of the molecule is O=C(N[C@@H]1C[C@H]1c1ccccc1)C1(c2ccc(Cl)cc2Cl)CCOCC1. The van der Waals surface area contributed by atoms with E-state index in [1.165, 1.54) is 5.56 Å². The van der Waals surface area contributed by atoms with Gasteiger partial charge in [0, 0.05) is 35.2 Å². The zero-order valence-electron chi connectivity index (χ0n) is 14.4. The van der Waals surface area contributed by atoms with Crippen molar-refractivity contribution in [3.63, 3.8) is 0 Å². The lowest BCUT2D eigenvalue weighted by Crippen LogP contribution is -2.49. The van der Waals surface area contributed by atoms with Crippen molar-refractivity contribution in [2.24, 2.45) is 0 Å². The Hall–Kier alpha value is -1.55. The summed E-state index contributed by atoms with van der Waals surface area (Å²) in [4.78, 5) is 13.3. The summed E-state index contributed by atoms with van der Waals surface area (Å²) < 4.78 is 5.52. The molecule has 1 amide bonds. The molecule has 1 heterocycles. The van der Waals surface area contributed by atoms with Crippen molar-refractivity contribution in [2.75, 3.05) is 13.2 Å². The molecule has 1 N–H and O–H groups in total. The lowest BCUT2D eigenvalue weighted by atomic mass is 9.73. The van der Waals surface area contributed by atoms with Crippen molar-refractivity contribution in [2.45, 2.75) is 36.6 Å². The molecule has 2 fully saturated rings. The van der Waals surface area contributed by atoms with Crippen LogP contribution >= 0.6 is 23.2 Å². The predicted molar refractivity (Wildman–Crippen MR) is 104 cm³/mol. The van der Waals surface area contributed by atoms with Gasteiger partial charge in [-0.05, 0) is 42.5 Å². The molecule has 0 radical (unpaired) electrons. The van der Waals surface area contributed by atoms with Gasteiger partial charge < -0.3 is 10.1 Å². The molecular weight excluding hydrogens is 369 g/mol. The molecular formula is C21H21Cl2NO2. The molecule has 0 unspecified atom stereocenters. The van der Waals surface area contributed by atoms with Crippen LogP contribution in [0.4, 0.5) is 0 Å². The minimum absolute atomic E-state index is 0.0495. The number of carbonyl (C=O) groups excluding carboxylic acids is 1. The van der Waals surface area contributed by atoms with Crippen LogP contribution in [0, 0.1) is 0 Å². The number of amides is 1. The second-order valence-corrected chi connectivity index (χ2v) is 8.00. The van der Waals surface area contributed by atoms with Gasteiger partial charge in [-0.1, -0.05) is 59.6 Å². The highest BCUT2D eigenvalue weighted by molar-refractivity contribution is 6.35. The molecule has 1 aliphatic carbocycles. The quantitative estimate of drug-likeness (QED) is 0.821. The van der Waals surface area contributed by atoms with Crippen LogP contribution in [-0.4, -0.2) is 25.2 Å². The number of ether oxygens (including phenoxy) is 1. The monoisotopic (exact) mass is 389 g/mol. The second-order valence-electron chi connectivity index (χ2n) is 7.15. The van der Waals surface area contributed by atoms with Gasteiger partial charge in [0.1, 0.15) is 0 Å². The summed E-state index contributed by atoms with van der Waals surface area (Å²) >= 11 is 12.5. The molecule has 2 aromatic carbocycles. The first-order valence-corrected chi connectivity index (χ1v) is 9.75. The maximum absolute atomic E-state index is 13.3. The number of rotatable bonds is 4. The van der Waals surface area contributed by atoms with Gasteiger partial charge >= 0.3 is 0 Å². The summed E-state index contributed by atoms with van der Waals surface area (Å²) in [6, 6.07) is 15.9. The Labute approximate surface area is 163 Å². The van der Waals surface area contributed by atoms with Crippen molar-refractivity contribution < 1.29 is 9.53 Å². The summed E-state index contributed by atoms with van der Waals surface area (Å²) in [6.07, 6.45) is 2.24. The van der Waals surface area contributed by atoms with E-state index in [-0.39, 0.29) is 11.9 Å². The Morgan fingerprint density at radius 1 is 1.08 bits per heavy atom. The number of hydrogen-bond donors (Lipinski definition) is 1. The van der Waals surface area contributed by atoms with Gasteiger partial charge in [-0.3, -0.25) is 4.79 Å². The molecule has 0 bridgehead atoms. The zero-order valence-corrected chi connectivity index (χ0v) is 15.9. The van der Waals surface area contributed by atoms with E-state index in [9.17, 15) is 4.79 Å². The number of nitrogens with one attached hydrogen (secondary N) is 1. The topological polar surface area (TPSA) is 38.3 Å². The van der Waals surface area contributed by atoms with Crippen molar-refractivity contribution in [3.05, 3.63) is 69.7 Å². The van der Waals surface area contributed by atoms with Crippen molar-refractivity contribution in [1.82, 2.24) is 5.32 Å². The molecule has 4 rings (SSSR count). The Balaban J connectivity index is 1.56. The van der Waals surface area contributed by atoms with E-state index in [2.05, 4.69) is 17.4 Å². The van der Waals surface area contributed by atoms with E-state index in [0.717, 1.165) is 12.0 Å². The lowest BCUT2D eigenvalue weighted by molar-refractivity contribution is -0.130. The maximum atomic E-state index is 13.3. The minimum atomic E-state index is -0.649. The van der Waals surface area contributed by atoms with Crippen LogP contribution in [0.25, 0.3) is 0 Å². The van der Waals surface area contributed by atoms with Crippen LogP contribution in [0.3, 0.4) is 0 Å². The van der Waals surface area contributed by atoms with Gasteiger partial charge in [0.05, 0.1) is 5.41 Å². The summed E-state index contributed by atoms with van der Waals surface area (Å²) in [7, 11) is 0. The van der Waals surface area contributed by atoms with E-state index in [4.69, 9.17) is 27.9 Å². The first-order valence-electron chi connectivity index (χ1n) is 8.99. The second kappa shape index (κ2) is 7.22. The molecule has 1 aliphatic heterocycles. The van der Waals surface area contributed by atoms with Crippen LogP contribution < -0.4 is 5.32 Å². The molecule has 1 saturated heterocycles. The molecule has 3 nitrogen and oxygen atoms in total. The third-order valence-corrected chi connectivity index (χ3v) is 6.11. The Bertz CT molecular complexity index is 803. The fourth-order valence-electron chi connectivity index (χ4n) is 3.95. The van der Waals surface area contributed by atoms with E-state index < -0.39 is 5.41 Å². The molecule has 1 saturated carbocycles. The van der Waals surface area contributed by atoms with Gasteiger partial charge in [-0.15, -0.1) is 0 Å². The van der Waals surface area contributed by atoms with Gasteiger partial charge in [0.15, 0.2) is 0 Å². The van der Waals surface area contributed by atoms with Gasteiger partial charge in [-0.2, -0.15) is 0 Å². The molecule has 0 spiro atoms. The standard InChI is InChI=1S/C21H21Cl2NO2/c22-15-6-7-17(18(23)12-15)21(8-10-26-11-9-21)20(25)24-19-13-16(19)14-4-2-1-3-5-14/h1-7,12,16,19H,8-11,13H2,(H,24,25)/t16-,19+/m0/s1. The molecule has 0 aromatic heterocycles. The average molecular weight is 390 g/mol. The predicted octanol–water partition coefficient (Wildman–Crippen LogP) is 4.71. The number of benzene rings is 2. The van der Waals surface area contributed by atoms with E-state index in [1.807, 2.05) is 24.3 Å². The minimum Gasteiger partial charge on any atom is -0.381 e. The van der Waals surface area contributed by atoms with Crippen molar-refractivity contribution in [3.8, 4) is 0 Å². The summed E-state index contributed by atoms with van der Waals surface area (Å²) in [6.45, 7) is 1.11. The number of carbonyl (C=O) groups is 1. The van der Waals surface area contributed by atoms with Crippen molar-refractivity contribution >= 4 is 29.1 Å². The smallest absolute Gasteiger partial charge is 0.231 e. The average Bonchev–Trinajstić information content (AvgIpc) is 3.42. The number of hydrogen-bond acceptors (Lipinski definition) is 2. The molecule has 26 heavy (non-hydrogen) atoms. The van der Waals surface area contributed by atoms with Crippen LogP contribution in [0.5, 0.6) is 0 Å². The van der Waals surface area contributed by atoms with Gasteiger partial charge in [0.25, 0.3) is 0 Å². The molecule has 136 valence electrons. The summed E-state index contributed by atoms with van der Waals surface area (Å²) in [5, 5.41) is 4.39. The third kappa shape index (κ3) is 3.36. The fourth-order valence-corrected chi connectivity index (χ4v) is 4.54. The van der Waals surface area contributed by atoms with Crippen LogP contribution in [0.2, 0.25) is 10.0 Å². The van der Waals surface area contributed by atoms with Gasteiger partial charge in [-0.25, -0.2) is 0 Å². The molecule has 2 aliphatic rings. The molecule has 2 aromatic rings. The Morgan fingerprint density at radius 2 is 1.81 bits per heavy atom. The maximum Gasteiger partial charge on any atom is 0.231 e. The fraction of sp³-hybridized carbons (Fsp3) is 0.381. The van der Waals surface area contributed by atoms with Crippen LogP contribution in [0.15, 0.2) is 48.5 Å². The summed E-state index contributed by atoms with van der Waals surface area (Å²) in [5.41, 5.74) is 1.48. The van der Waals surface area contributed by atoms with Crippen molar-refractivity contribution in [1.29, 1.82) is 0 Å². The Morgan fingerprint density at radius 3 is 2.50 bits per heavy atom. The molecule has 2 atom stereocenters. The molecule has 5 heteroatoms. The highest BCUT2D eigenvalue weighted by atomic mass is 35.5. The third-order valence-electron chi connectivity index (χ3n) is 5.56.